The van der Waals surface area contributed by atoms with Gasteiger partial charge in [-0.25, -0.2) is 9.69 Å². The van der Waals surface area contributed by atoms with Gasteiger partial charge >= 0.3 is 6.09 Å². The molecule has 1 saturated heterocycles. The van der Waals surface area contributed by atoms with Crippen molar-refractivity contribution in [2.45, 2.75) is 84.2 Å². The van der Waals surface area contributed by atoms with E-state index >= 15 is 0 Å². The Hall–Kier alpha value is -1.66. The highest BCUT2D eigenvalue weighted by atomic mass is 28.4. The van der Waals surface area contributed by atoms with Crippen LogP contribution in [0.25, 0.3) is 0 Å². The van der Waals surface area contributed by atoms with Gasteiger partial charge in [-0.1, -0.05) is 51.1 Å². The summed E-state index contributed by atoms with van der Waals surface area (Å²) in [5.41, 5.74) is 0.508. The van der Waals surface area contributed by atoms with E-state index in [4.69, 9.17) is 9.16 Å². The Bertz CT molecular complexity index is 719. The molecule has 29 heavy (non-hydrogen) atoms. The molecular weight excluding hydrogens is 382 g/mol. The summed E-state index contributed by atoms with van der Waals surface area (Å²) >= 11 is 0. The quantitative estimate of drug-likeness (QED) is 0.599. The molecular formula is C23H37NO4Si. The molecule has 0 bridgehead atoms. The van der Waals surface area contributed by atoms with Crippen LogP contribution in [0.4, 0.5) is 4.79 Å². The third kappa shape index (κ3) is 6.16. The van der Waals surface area contributed by atoms with Gasteiger partial charge in [0.05, 0.1) is 12.6 Å². The van der Waals surface area contributed by atoms with Crippen molar-refractivity contribution in [1.29, 1.82) is 0 Å². The summed E-state index contributed by atoms with van der Waals surface area (Å²) in [6.07, 6.45) is 0.499. The maximum atomic E-state index is 12.8. The standard InChI is InChI=1S/C23H37NO4Si/c1-22(2,3)28-21(26)24-19(16-27-29(7,8)23(4,5)6)18(15-20(24)25)14-17-12-10-9-11-13-17/h9-13,18-19H,14-16H2,1-8H3. The van der Waals surface area contributed by atoms with E-state index in [0.717, 1.165) is 12.0 Å². The van der Waals surface area contributed by atoms with Gasteiger partial charge < -0.3 is 9.16 Å². The highest BCUT2D eigenvalue weighted by Gasteiger charge is 2.47. The van der Waals surface area contributed by atoms with Crippen molar-refractivity contribution in [3.8, 4) is 0 Å². The van der Waals surface area contributed by atoms with E-state index in [-0.39, 0.29) is 22.9 Å². The van der Waals surface area contributed by atoms with Crippen molar-refractivity contribution >= 4 is 20.3 Å². The molecule has 2 amide bonds. The zero-order chi connectivity index (χ0) is 22.0. The maximum absolute atomic E-state index is 12.8. The Morgan fingerprint density at radius 3 is 2.21 bits per heavy atom. The molecule has 1 aliphatic rings. The first-order valence-electron chi connectivity index (χ1n) is 10.4. The highest BCUT2D eigenvalue weighted by Crippen LogP contribution is 2.38. The van der Waals surface area contributed by atoms with E-state index in [1.165, 1.54) is 4.90 Å². The molecule has 0 saturated carbocycles. The number of carbonyl (C=O) groups is 2. The van der Waals surface area contributed by atoms with E-state index in [9.17, 15) is 9.59 Å². The zero-order valence-corrected chi connectivity index (χ0v) is 20.2. The fraction of sp³-hybridized carbons (Fsp3) is 0.652. The first-order valence-corrected chi connectivity index (χ1v) is 13.3. The van der Waals surface area contributed by atoms with Crippen molar-refractivity contribution in [1.82, 2.24) is 4.90 Å². The van der Waals surface area contributed by atoms with Crippen LogP contribution in [0.1, 0.15) is 53.5 Å². The van der Waals surface area contributed by atoms with Gasteiger partial charge in [0.15, 0.2) is 8.32 Å². The predicted octanol–water partition coefficient (Wildman–Crippen LogP) is 5.40. The van der Waals surface area contributed by atoms with Crippen LogP contribution in [-0.4, -0.2) is 43.5 Å². The smallest absolute Gasteiger partial charge is 0.417 e. The van der Waals surface area contributed by atoms with Gasteiger partial charge in [0.25, 0.3) is 0 Å². The summed E-state index contributed by atoms with van der Waals surface area (Å²) in [6, 6.07) is 9.79. The molecule has 1 heterocycles. The van der Waals surface area contributed by atoms with E-state index in [2.05, 4.69) is 46.0 Å². The van der Waals surface area contributed by atoms with Crippen LogP contribution in [0.15, 0.2) is 30.3 Å². The number of rotatable bonds is 5. The summed E-state index contributed by atoms with van der Waals surface area (Å²) in [7, 11) is -2.02. The Labute approximate surface area is 176 Å². The van der Waals surface area contributed by atoms with E-state index in [1.807, 2.05) is 39.0 Å². The molecule has 2 atom stereocenters. The normalized spacial score (nSPS) is 20.8. The average molecular weight is 420 g/mol. The van der Waals surface area contributed by atoms with Gasteiger partial charge in [0, 0.05) is 6.42 Å². The van der Waals surface area contributed by atoms with Gasteiger partial charge in [-0.2, -0.15) is 0 Å². The molecule has 0 aliphatic carbocycles. The Morgan fingerprint density at radius 2 is 1.69 bits per heavy atom. The number of carbonyl (C=O) groups excluding carboxylic acids is 2. The number of amides is 2. The lowest BCUT2D eigenvalue weighted by Gasteiger charge is -2.38. The number of imide groups is 1. The van der Waals surface area contributed by atoms with Crippen LogP contribution in [0.5, 0.6) is 0 Å². The van der Waals surface area contributed by atoms with Crippen LogP contribution in [0, 0.1) is 5.92 Å². The van der Waals surface area contributed by atoms with Gasteiger partial charge in [0.1, 0.15) is 5.60 Å². The molecule has 0 N–H and O–H groups in total. The van der Waals surface area contributed by atoms with Gasteiger partial charge in [-0.05, 0) is 56.8 Å². The minimum Gasteiger partial charge on any atom is -0.443 e. The van der Waals surface area contributed by atoms with Crippen molar-refractivity contribution in [3.05, 3.63) is 35.9 Å². The number of hydrogen-bond acceptors (Lipinski definition) is 4. The van der Waals surface area contributed by atoms with Crippen molar-refractivity contribution < 1.29 is 18.8 Å². The molecule has 1 aliphatic heterocycles. The number of likely N-dealkylation sites (tertiary alicyclic amines) is 1. The average Bonchev–Trinajstić information content (AvgIpc) is 2.86. The predicted molar refractivity (Wildman–Crippen MR) is 118 cm³/mol. The summed E-state index contributed by atoms with van der Waals surface area (Å²) in [4.78, 5) is 27.0. The van der Waals surface area contributed by atoms with Crippen LogP contribution < -0.4 is 0 Å². The minimum absolute atomic E-state index is 0.0159. The third-order valence-corrected chi connectivity index (χ3v) is 10.4. The van der Waals surface area contributed by atoms with E-state index < -0.39 is 20.0 Å². The zero-order valence-electron chi connectivity index (χ0n) is 19.2. The molecule has 6 heteroatoms. The number of ether oxygens (including phenoxy) is 1. The number of hydrogen-bond donors (Lipinski definition) is 0. The van der Waals surface area contributed by atoms with Crippen LogP contribution >= 0.6 is 0 Å². The maximum Gasteiger partial charge on any atom is 0.417 e. The second-order valence-corrected chi connectivity index (χ2v) is 15.3. The lowest BCUT2D eigenvalue weighted by Crippen LogP contribution is -2.49. The Morgan fingerprint density at radius 1 is 1.10 bits per heavy atom. The van der Waals surface area contributed by atoms with Gasteiger partial charge in [-0.15, -0.1) is 0 Å². The molecule has 1 fully saturated rings. The summed E-state index contributed by atoms with van der Waals surface area (Å²) in [5, 5.41) is 0.0568. The SMILES string of the molecule is CC(C)(C)OC(=O)N1C(=O)CC(Cc2ccccc2)C1CO[Si](C)(C)C(C)(C)C. The monoisotopic (exact) mass is 419 g/mol. The summed E-state index contributed by atoms with van der Waals surface area (Å²) in [6.45, 7) is 16.7. The minimum atomic E-state index is -2.02. The molecule has 1 aromatic rings. The Kier molecular flexibility index (Phi) is 7.00. The van der Waals surface area contributed by atoms with Crippen LogP contribution in [-0.2, 0) is 20.4 Å². The van der Waals surface area contributed by atoms with Crippen molar-refractivity contribution in [2.24, 2.45) is 5.92 Å². The second-order valence-electron chi connectivity index (χ2n) is 10.5. The largest absolute Gasteiger partial charge is 0.443 e. The van der Waals surface area contributed by atoms with Gasteiger partial charge in [-0.3, -0.25) is 4.79 Å². The second kappa shape index (κ2) is 8.60. The van der Waals surface area contributed by atoms with E-state index in [0.29, 0.717) is 13.0 Å². The fourth-order valence-corrected chi connectivity index (χ4v) is 4.27. The first kappa shape index (κ1) is 23.6. The first-order chi connectivity index (χ1) is 13.2. The highest BCUT2D eigenvalue weighted by molar-refractivity contribution is 6.74. The number of benzene rings is 1. The van der Waals surface area contributed by atoms with Crippen molar-refractivity contribution in [2.75, 3.05) is 6.61 Å². The summed E-state index contributed by atoms with van der Waals surface area (Å²) in [5.74, 6) is -0.161. The lowest BCUT2D eigenvalue weighted by atomic mass is 9.93. The lowest BCUT2D eigenvalue weighted by molar-refractivity contribution is -0.128. The van der Waals surface area contributed by atoms with Crippen molar-refractivity contribution in [3.63, 3.8) is 0 Å². The van der Waals surface area contributed by atoms with E-state index in [1.54, 1.807) is 0 Å². The fourth-order valence-electron chi connectivity index (χ4n) is 3.25. The molecule has 162 valence electrons. The Balaban J connectivity index is 2.26. The molecule has 1 aromatic carbocycles. The third-order valence-electron chi connectivity index (χ3n) is 5.93. The number of nitrogens with zero attached hydrogens (tertiary/aromatic N) is 1. The van der Waals surface area contributed by atoms with Crippen LogP contribution in [0.3, 0.4) is 0 Å². The molecule has 0 spiro atoms. The molecule has 2 rings (SSSR count). The summed E-state index contributed by atoms with van der Waals surface area (Å²) < 4.78 is 12.0. The van der Waals surface area contributed by atoms with Crippen LogP contribution in [0.2, 0.25) is 18.1 Å². The molecule has 0 aromatic heterocycles. The molecule has 0 radical (unpaired) electrons. The molecule has 2 unspecified atom stereocenters. The topological polar surface area (TPSA) is 55.8 Å². The van der Waals surface area contributed by atoms with Gasteiger partial charge in [0.2, 0.25) is 5.91 Å². The molecule has 5 nitrogen and oxygen atoms in total.